The Hall–Kier alpha value is -2.55. The number of benzene rings is 2. The van der Waals surface area contributed by atoms with Crippen LogP contribution in [0.15, 0.2) is 54.7 Å². The Bertz CT molecular complexity index is 682. The van der Waals surface area contributed by atoms with E-state index in [4.69, 9.17) is 4.74 Å². The van der Waals surface area contributed by atoms with Gasteiger partial charge in [-0.15, -0.1) is 0 Å². The molecule has 0 aliphatic rings. The molecule has 0 aromatic heterocycles. The molecule has 2 aromatic rings. The lowest BCUT2D eigenvalue weighted by Gasteiger charge is -2.08. The quantitative estimate of drug-likeness (QED) is 0.407. The largest absolute Gasteiger partial charge is 0.494 e. The van der Waals surface area contributed by atoms with E-state index < -0.39 is 0 Å². The lowest BCUT2D eigenvalue weighted by molar-refractivity contribution is 0.104. The van der Waals surface area contributed by atoms with Crippen LogP contribution in [-0.4, -0.2) is 12.4 Å². The smallest absolute Gasteiger partial charge is 0.187 e. The summed E-state index contributed by atoms with van der Waals surface area (Å²) in [6.07, 6.45) is 5.39. The molecular weight excluding hydrogens is 298 g/mol. The number of aryl methyl sites for hydroxylation is 2. The van der Waals surface area contributed by atoms with E-state index in [1.807, 2.05) is 44.2 Å². The lowest BCUT2D eigenvalue weighted by Crippen LogP contribution is -1.99. The number of rotatable bonds is 8. The SMILES string of the molecule is CCCCOc1ccc(C(=O)/C=C/Nc2c(C)cccc2C)cc1. The standard InChI is InChI=1S/C21H25NO2/c1-4-5-15-24-19-11-9-18(10-12-19)20(23)13-14-22-21-16(2)7-6-8-17(21)3/h6-14,22H,4-5,15H2,1-3H3/b14-13+. The fourth-order valence-corrected chi connectivity index (χ4v) is 2.39. The molecule has 0 spiro atoms. The third-order valence-corrected chi connectivity index (χ3v) is 3.85. The van der Waals surface area contributed by atoms with Gasteiger partial charge >= 0.3 is 0 Å². The van der Waals surface area contributed by atoms with E-state index in [1.54, 1.807) is 24.4 Å². The van der Waals surface area contributed by atoms with Crippen molar-refractivity contribution in [1.29, 1.82) is 0 Å². The topological polar surface area (TPSA) is 38.3 Å². The van der Waals surface area contributed by atoms with Crippen molar-refractivity contribution in [3.05, 3.63) is 71.4 Å². The molecule has 0 aliphatic heterocycles. The molecule has 0 radical (unpaired) electrons. The maximum Gasteiger partial charge on any atom is 0.187 e. The number of hydrogen-bond acceptors (Lipinski definition) is 3. The fourth-order valence-electron chi connectivity index (χ4n) is 2.39. The number of para-hydroxylation sites is 1. The first-order chi connectivity index (χ1) is 11.6. The van der Waals surface area contributed by atoms with Crippen LogP contribution in [0.25, 0.3) is 0 Å². The summed E-state index contributed by atoms with van der Waals surface area (Å²) in [5.41, 5.74) is 4.00. The average Bonchev–Trinajstić information content (AvgIpc) is 2.58. The van der Waals surface area contributed by atoms with Gasteiger partial charge in [-0.05, 0) is 55.7 Å². The normalized spacial score (nSPS) is 10.8. The molecule has 0 unspecified atom stereocenters. The minimum atomic E-state index is -0.0335. The third kappa shape index (κ3) is 4.98. The summed E-state index contributed by atoms with van der Waals surface area (Å²) in [7, 11) is 0. The van der Waals surface area contributed by atoms with Gasteiger partial charge in [0.1, 0.15) is 5.75 Å². The van der Waals surface area contributed by atoms with Crippen LogP contribution in [0.3, 0.4) is 0 Å². The molecule has 0 amide bonds. The van der Waals surface area contributed by atoms with E-state index >= 15 is 0 Å². The number of hydrogen-bond donors (Lipinski definition) is 1. The van der Waals surface area contributed by atoms with Crippen LogP contribution < -0.4 is 10.1 Å². The summed E-state index contributed by atoms with van der Waals surface area (Å²) in [6, 6.07) is 13.4. The summed E-state index contributed by atoms with van der Waals surface area (Å²) in [6.45, 7) is 6.93. The molecule has 0 atom stereocenters. The van der Waals surface area contributed by atoms with Crippen molar-refractivity contribution in [3.63, 3.8) is 0 Å². The molecule has 0 bridgehead atoms. The van der Waals surface area contributed by atoms with Crippen molar-refractivity contribution in [2.24, 2.45) is 0 Å². The van der Waals surface area contributed by atoms with Crippen LogP contribution in [-0.2, 0) is 0 Å². The molecule has 0 fully saturated rings. The predicted molar refractivity (Wildman–Crippen MR) is 99.9 cm³/mol. The first-order valence-electron chi connectivity index (χ1n) is 8.38. The van der Waals surface area contributed by atoms with Gasteiger partial charge in [0.25, 0.3) is 0 Å². The Morgan fingerprint density at radius 3 is 2.38 bits per heavy atom. The van der Waals surface area contributed by atoms with Crippen molar-refractivity contribution >= 4 is 11.5 Å². The van der Waals surface area contributed by atoms with E-state index in [0.29, 0.717) is 12.2 Å². The second-order valence-electron chi connectivity index (χ2n) is 5.84. The first-order valence-corrected chi connectivity index (χ1v) is 8.38. The van der Waals surface area contributed by atoms with Crippen LogP contribution in [0.2, 0.25) is 0 Å². The number of carbonyl (C=O) groups excluding carboxylic acids is 1. The summed E-state index contributed by atoms with van der Waals surface area (Å²) < 4.78 is 5.60. The molecule has 0 aliphatic carbocycles. The number of ketones is 1. The van der Waals surface area contributed by atoms with Crippen molar-refractivity contribution in [2.45, 2.75) is 33.6 Å². The number of carbonyl (C=O) groups is 1. The molecule has 0 saturated heterocycles. The Morgan fingerprint density at radius 2 is 1.75 bits per heavy atom. The molecule has 126 valence electrons. The zero-order valence-electron chi connectivity index (χ0n) is 14.6. The van der Waals surface area contributed by atoms with Crippen LogP contribution in [0.5, 0.6) is 5.75 Å². The number of ether oxygens (including phenoxy) is 1. The van der Waals surface area contributed by atoms with Gasteiger partial charge in [0, 0.05) is 23.5 Å². The van der Waals surface area contributed by atoms with Gasteiger partial charge in [-0.25, -0.2) is 0 Å². The van der Waals surface area contributed by atoms with Crippen molar-refractivity contribution < 1.29 is 9.53 Å². The second-order valence-corrected chi connectivity index (χ2v) is 5.84. The minimum Gasteiger partial charge on any atom is -0.494 e. The van der Waals surface area contributed by atoms with Gasteiger partial charge in [0.15, 0.2) is 5.78 Å². The average molecular weight is 323 g/mol. The van der Waals surface area contributed by atoms with Gasteiger partial charge in [0.05, 0.1) is 6.61 Å². The van der Waals surface area contributed by atoms with E-state index in [-0.39, 0.29) is 5.78 Å². The summed E-state index contributed by atoms with van der Waals surface area (Å²) >= 11 is 0. The first kappa shape index (κ1) is 17.8. The highest BCUT2D eigenvalue weighted by molar-refractivity contribution is 6.04. The van der Waals surface area contributed by atoms with Crippen LogP contribution in [0, 0.1) is 13.8 Å². The van der Waals surface area contributed by atoms with Crippen LogP contribution in [0.1, 0.15) is 41.3 Å². The fraction of sp³-hybridized carbons (Fsp3) is 0.286. The highest BCUT2D eigenvalue weighted by Gasteiger charge is 2.03. The number of nitrogens with one attached hydrogen (secondary N) is 1. The van der Waals surface area contributed by atoms with Gasteiger partial charge in [-0.2, -0.15) is 0 Å². The van der Waals surface area contributed by atoms with E-state index in [1.165, 1.54) is 0 Å². The van der Waals surface area contributed by atoms with Gasteiger partial charge in [-0.1, -0.05) is 31.5 Å². The highest BCUT2D eigenvalue weighted by Crippen LogP contribution is 2.19. The Labute approximate surface area is 144 Å². The van der Waals surface area contributed by atoms with Crippen LogP contribution >= 0.6 is 0 Å². The zero-order valence-corrected chi connectivity index (χ0v) is 14.6. The molecule has 0 heterocycles. The number of anilines is 1. The number of unbranched alkanes of at least 4 members (excludes halogenated alkanes) is 1. The Kier molecular flexibility index (Phi) is 6.62. The monoisotopic (exact) mass is 323 g/mol. The highest BCUT2D eigenvalue weighted by atomic mass is 16.5. The molecule has 3 nitrogen and oxygen atoms in total. The summed E-state index contributed by atoms with van der Waals surface area (Å²) in [5.74, 6) is 0.770. The van der Waals surface area contributed by atoms with Gasteiger partial charge in [0.2, 0.25) is 0 Å². The minimum absolute atomic E-state index is 0.0335. The van der Waals surface area contributed by atoms with Crippen molar-refractivity contribution in [1.82, 2.24) is 0 Å². The maximum atomic E-state index is 12.2. The van der Waals surface area contributed by atoms with Crippen LogP contribution in [0.4, 0.5) is 5.69 Å². The molecule has 2 aromatic carbocycles. The third-order valence-electron chi connectivity index (χ3n) is 3.85. The second kappa shape index (κ2) is 8.92. The molecule has 0 saturated carbocycles. The Morgan fingerprint density at radius 1 is 1.08 bits per heavy atom. The molecule has 3 heteroatoms. The van der Waals surface area contributed by atoms with E-state index in [2.05, 4.69) is 12.2 Å². The summed E-state index contributed by atoms with van der Waals surface area (Å²) in [5, 5.41) is 3.20. The Balaban J connectivity index is 1.94. The number of allylic oxidation sites excluding steroid dienone is 1. The van der Waals surface area contributed by atoms with Gasteiger partial charge < -0.3 is 10.1 Å². The van der Waals surface area contributed by atoms with Crippen molar-refractivity contribution in [3.8, 4) is 5.75 Å². The summed E-state index contributed by atoms with van der Waals surface area (Å²) in [4.78, 5) is 12.2. The zero-order chi connectivity index (χ0) is 17.4. The van der Waals surface area contributed by atoms with Gasteiger partial charge in [-0.3, -0.25) is 4.79 Å². The van der Waals surface area contributed by atoms with E-state index in [9.17, 15) is 4.79 Å². The molecule has 24 heavy (non-hydrogen) atoms. The lowest BCUT2D eigenvalue weighted by atomic mass is 10.1. The predicted octanol–water partition coefficient (Wildman–Crippen LogP) is 5.29. The molecule has 2 rings (SSSR count). The van der Waals surface area contributed by atoms with Crippen molar-refractivity contribution in [2.75, 3.05) is 11.9 Å². The maximum absolute atomic E-state index is 12.2. The molecule has 1 N–H and O–H groups in total. The molecular formula is C21H25NO2. The van der Waals surface area contributed by atoms with E-state index in [0.717, 1.165) is 35.4 Å².